The fraction of sp³-hybridized carbons (Fsp3) is 0.429. The van der Waals surface area contributed by atoms with E-state index >= 15 is 0 Å². The smallest absolute Gasteiger partial charge is 0.308 e. The van der Waals surface area contributed by atoms with E-state index in [4.69, 9.17) is 5.11 Å². The number of rotatable bonds is 3. The summed E-state index contributed by atoms with van der Waals surface area (Å²) in [5.41, 5.74) is 0.250. The molecule has 1 N–H and O–H groups in total. The average Bonchev–Trinajstić information content (AvgIpc) is 2.46. The highest BCUT2D eigenvalue weighted by Gasteiger charge is 2.35. The number of likely N-dealkylation sites (tertiary alicyclic amines) is 1. The maximum absolute atomic E-state index is 12.4. The number of nitrogens with zero attached hydrogens (tertiary/aromatic N) is 2. The van der Waals surface area contributed by atoms with Crippen LogP contribution in [-0.2, 0) is 4.79 Å². The fourth-order valence-corrected chi connectivity index (χ4v) is 2.65. The van der Waals surface area contributed by atoms with E-state index in [1.54, 1.807) is 6.92 Å². The summed E-state index contributed by atoms with van der Waals surface area (Å²) in [4.78, 5) is 35.2. The van der Waals surface area contributed by atoms with E-state index in [9.17, 15) is 19.7 Å². The number of aliphatic carboxylic acids is 1. The van der Waals surface area contributed by atoms with Gasteiger partial charge in [0.15, 0.2) is 0 Å². The van der Waals surface area contributed by atoms with Crippen molar-refractivity contribution in [2.75, 3.05) is 6.54 Å². The highest BCUT2D eigenvalue weighted by Crippen LogP contribution is 2.25. The lowest BCUT2D eigenvalue weighted by Crippen LogP contribution is -2.49. The third-order valence-corrected chi connectivity index (χ3v) is 3.89. The van der Waals surface area contributed by atoms with Crippen LogP contribution in [0.5, 0.6) is 0 Å². The van der Waals surface area contributed by atoms with Crippen molar-refractivity contribution in [1.29, 1.82) is 0 Å². The molecule has 21 heavy (non-hydrogen) atoms. The molecule has 1 aliphatic heterocycles. The zero-order valence-corrected chi connectivity index (χ0v) is 11.6. The van der Waals surface area contributed by atoms with E-state index in [0.29, 0.717) is 24.9 Å². The number of hydrogen-bond acceptors (Lipinski definition) is 4. The number of carboxylic acid groups (broad SMARTS) is 1. The molecule has 2 atom stereocenters. The summed E-state index contributed by atoms with van der Waals surface area (Å²) in [5.74, 6) is -1.76. The minimum atomic E-state index is -0.899. The zero-order chi connectivity index (χ0) is 15.6. The molecule has 112 valence electrons. The lowest BCUT2D eigenvalue weighted by atomic mass is 9.90. The molecule has 7 nitrogen and oxygen atoms in total. The van der Waals surface area contributed by atoms with Crippen LogP contribution in [0.2, 0.25) is 0 Å². The molecule has 0 unspecified atom stereocenters. The summed E-state index contributed by atoms with van der Waals surface area (Å²) in [6.07, 6.45) is 1.20. The molecule has 1 aromatic rings. The SMILES string of the molecule is C[C@@H]1[C@H](C(=O)O)CCCN1C(=O)c1ccc([N+](=O)[O-])cc1. The normalized spacial score (nSPS) is 21.9. The van der Waals surface area contributed by atoms with Crippen LogP contribution < -0.4 is 0 Å². The Hall–Kier alpha value is -2.44. The van der Waals surface area contributed by atoms with Gasteiger partial charge in [-0.05, 0) is 31.9 Å². The summed E-state index contributed by atoms with van der Waals surface area (Å²) < 4.78 is 0. The van der Waals surface area contributed by atoms with Gasteiger partial charge in [0.1, 0.15) is 0 Å². The third-order valence-electron chi connectivity index (χ3n) is 3.89. The van der Waals surface area contributed by atoms with Crippen molar-refractivity contribution in [1.82, 2.24) is 4.90 Å². The number of carboxylic acids is 1. The Bertz CT molecular complexity index is 569. The van der Waals surface area contributed by atoms with Gasteiger partial charge in [-0.15, -0.1) is 0 Å². The van der Waals surface area contributed by atoms with Gasteiger partial charge in [-0.3, -0.25) is 19.7 Å². The summed E-state index contributed by atoms with van der Waals surface area (Å²) in [7, 11) is 0. The first-order valence-corrected chi connectivity index (χ1v) is 6.70. The van der Waals surface area contributed by atoms with E-state index in [-0.39, 0.29) is 17.6 Å². The van der Waals surface area contributed by atoms with Crippen LogP contribution in [0.4, 0.5) is 5.69 Å². The van der Waals surface area contributed by atoms with Gasteiger partial charge in [0.25, 0.3) is 11.6 Å². The monoisotopic (exact) mass is 292 g/mol. The number of hydrogen-bond donors (Lipinski definition) is 1. The molecule has 0 aliphatic carbocycles. The van der Waals surface area contributed by atoms with E-state index < -0.39 is 16.8 Å². The highest BCUT2D eigenvalue weighted by molar-refractivity contribution is 5.95. The number of nitro benzene ring substituents is 1. The van der Waals surface area contributed by atoms with Gasteiger partial charge in [-0.25, -0.2) is 0 Å². The van der Waals surface area contributed by atoms with Crippen molar-refractivity contribution in [2.45, 2.75) is 25.8 Å². The van der Waals surface area contributed by atoms with Crippen molar-refractivity contribution in [2.24, 2.45) is 5.92 Å². The summed E-state index contributed by atoms with van der Waals surface area (Å²) in [6, 6.07) is 4.96. The zero-order valence-electron chi connectivity index (χ0n) is 11.6. The Labute approximate surface area is 121 Å². The third kappa shape index (κ3) is 3.01. The van der Waals surface area contributed by atoms with E-state index in [1.165, 1.54) is 29.2 Å². The minimum absolute atomic E-state index is 0.0818. The molecule has 1 amide bonds. The fourth-order valence-electron chi connectivity index (χ4n) is 2.65. The van der Waals surface area contributed by atoms with Crippen LogP contribution in [0.1, 0.15) is 30.1 Å². The molecule has 2 rings (SSSR count). The van der Waals surface area contributed by atoms with Crippen LogP contribution in [0, 0.1) is 16.0 Å². The van der Waals surface area contributed by atoms with Crippen molar-refractivity contribution < 1.29 is 19.6 Å². The molecule has 0 spiro atoms. The van der Waals surface area contributed by atoms with Gasteiger partial charge >= 0.3 is 5.97 Å². The van der Waals surface area contributed by atoms with Gasteiger partial charge in [-0.1, -0.05) is 0 Å². The summed E-state index contributed by atoms with van der Waals surface area (Å²) in [6.45, 7) is 2.22. The van der Waals surface area contributed by atoms with Gasteiger partial charge in [0.05, 0.1) is 10.8 Å². The molecule has 1 aromatic carbocycles. The number of non-ortho nitro benzene ring substituents is 1. The predicted molar refractivity (Wildman–Crippen MR) is 74.0 cm³/mol. The molecular weight excluding hydrogens is 276 g/mol. The topological polar surface area (TPSA) is 101 Å². The molecule has 1 heterocycles. The lowest BCUT2D eigenvalue weighted by molar-refractivity contribution is -0.384. The largest absolute Gasteiger partial charge is 0.481 e. The van der Waals surface area contributed by atoms with Gasteiger partial charge in [-0.2, -0.15) is 0 Å². The minimum Gasteiger partial charge on any atom is -0.481 e. The molecule has 7 heteroatoms. The van der Waals surface area contributed by atoms with Crippen LogP contribution in [0.3, 0.4) is 0 Å². The van der Waals surface area contributed by atoms with Gasteiger partial charge in [0, 0.05) is 30.3 Å². The first-order valence-electron chi connectivity index (χ1n) is 6.70. The second-order valence-electron chi connectivity index (χ2n) is 5.13. The first kappa shape index (κ1) is 15.0. The van der Waals surface area contributed by atoms with Crippen molar-refractivity contribution in [3.8, 4) is 0 Å². The Balaban J connectivity index is 2.18. The maximum Gasteiger partial charge on any atom is 0.308 e. The number of nitro groups is 1. The molecule has 1 aliphatic rings. The summed E-state index contributed by atoms with van der Waals surface area (Å²) in [5, 5.41) is 19.8. The van der Waals surface area contributed by atoms with Crippen LogP contribution >= 0.6 is 0 Å². The quantitative estimate of drug-likeness (QED) is 0.677. The molecule has 0 aromatic heterocycles. The second-order valence-corrected chi connectivity index (χ2v) is 5.13. The number of carbonyl (C=O) groups excluding carboxylic acids is 1. The molecule has 1 saturated heterocycles. The predicted octanol–water partition coefficient (Wildman–Crippen LogP) is 1.92. The van der Waals surface area contributed by atoms with E-state index in [0.717, 1.165) is 0 Å². The lowest BCUT2D eigenvalue weighted by Gasteiger charge is -2.37. The highest BCUT2D eigenvalue weighted by atomic mass is 16.6. The standard InChI is InChI=1S/C14H16N2O5/c1-9-12(14(18)19)3-2-8-15(9)13(17)10-4-6-11(7-5-10)16(20)21/h4-7,9,12H,2-3,8H2,1H3,(H,18,19)/t9-,12-/m1/s1. The van der Waals surface area contributed by atoms with Crippen LogP contribution in [0.15, 0.2) is 24.3 Å². The van der Waals surface area contributed by atoms with Crippen LogP contribution in [-0.4, -0.2) is 39.4 Å². The number of piperidine rings is 1. The van der Waals surface area contributed by atoms with Gasteiger partial charge < -0.3 is 10.0 Å². The van der Waals surface area contributed by atoms with Crippen LogP contribution in [0.25, 0.3) is 0 Å². The van der Waals surface area contributed by atoms with Crippen molar-refractivity contribution in [3.05, 3.63) is 39.9 Å². The molecule has 0 saturated carbocycles. The van der Waals surface area contributed by atoms with Crippen molar-refractivity contribution >= 4 is 17.6 Å². The maximum atomic E-state index is 12.4. The van der Waals surface area contributed by atoms with E-state index in [2.05, 4.69) is 0 Å². The Morgan fingerprint density at radius 2 is 1.95 bits per heavy atom. The summed E-state index contributed by atoms with van der Waals surface area (Å²) >= 11 is 0. The Kier molecular flexibility index (Phi) is 4.21. The first-order chi connectivity index (χ1) is 9.91. The molecule has 1 fully saturated rings. The Morgan fingerprint density at radius 1 is 1.33 bits per heavy atom. The average molecular weight is 292 g/mol. The molecule has 0 radical (unpaired) electrons. The van der Waals surface area contributed by atoms with Gasteiger partial charge in [0.2, 0.25) is 0 Å². The van der Waals surface area contributed by atoms with Crippen molar-refractivity contribution in [3.63, 3.8) is 0 Å². The number of benzene rings is 1. The number of amides is 1. The Morgan fingerprint density at radius 3 is 2.48 bits per heavy atom. The molecular formula is C14H16N2O5. The second kappa shape index (κ2) is 5.90. The molecule has 0 bridgehead atoms. The number of carbonyl (C=O) groups is 2. The van der Waals surface area contributed by atoms with E-state index in [1.807, 2.05) is 0 Å².